The van der Waals surface area contributed by atoms with Gasteiger partial charge in [-0.1, -0.05) is 12.0 Å². The van der Waals surface area contributed by atoms with Crippen LogP contribution in [-0.2, 0) is 0 Å². The van der Waals surface area contributed by atoms with Crippen LogP contribution in [0.25, 0.3) is 0 Å². The number of hydrogen-bond acceptors (Lipinski definition) is 0. The van der Waals surface area contributed by atoms with Crippen molar-refractivity contribution < 1.29 is 9.15 Å². The molecular formula is C18H26N2+2. The second-order valence-corrected chi connectivity index (χ2v) is 6.68. The van der Waals surface area contributed by atoms with Crippen LogP contribution in [0.3, 0.4) is 0 Å². The molecule has 3 rings (SSSR count). The van der Waals surface area contributed by atoms with E-state index in [0.29, 0.717) is 0 Å². The molecule has 0 aromatic rings. The molecule has 0 aliphatic heterocycles. The summed E-state index contributed by atoms with van der Waals surface area (Å²) in [6.45, 7) is 0. The highest BCUT2D eigenvalue weighted by atomic mass is 14.9. The van der Waals surface area contributed by atoms with Crippen molar-refractivity contribution in [3.8, 4) is 0 Å². The first-order valence-corrected chi connectivity index (χ1v) is 7.86. The largest absolute Gasteiger partial charge is 0.238 e. The molecule has 2 bridgehead atoms. The Morgan fingerprint density at radius 1 is 0.850 bits per heavy atom. The van der Waals surface area contributed by atoms with Crippen molar-refractivity contribution >= 4 is 11.6 Å². The van der Waals surface area contributed by atoms with Crippen LogP contribution < -0.4 is 0 Å². The van der Waals surface area contributed by atoms with Gasteiger partial charge in [0.15, 0.2) is 11.6 Å². The lowest BCUT2D eigenvalue weighted by atomic mass is 9.84. The van der Waals surface area contributed by atoms with Gasteiger partial charge in [0.25, 0.3) is 0 Å². The van der Waals surface area contributed by atoms with Gasteiger partial charge in [0.1, 0.15) is 28.2 Å². The van der Waals surface area contributed by atoms with Gasteiger partial charge in [-0.05, 0) is 36.8 Å². The van der Waals surface area contributed by atoms with E-state index >= 15 is 0 Å². The first-order valence-electron chi connectivity index (χ1n) is 7.86. The Hall–Kier alpha value is -1.40. The minimum absolute atomic E-state index is 1.15. The highest BCUT2D eigenvalue weighted by Crippen LogP contribution is 2.49. The van der Waals surface area contributed by atoms with E-state index in [9.17, 15) is 0 Å². The third-order valence-electron chi connectivity index (χ3n) is 4.70. The maximum Gasteiger partial charge on any atom is 0.183 e. The summed E-state index contributed by atoms with van der Waals surface area (Å²) in [7, 11) is 8.57. The number of nitrogens with zero attached hydrogens (tertiary/aromatic N) is 2. The second kappa shape index (κ2) is 5.18. The monoisotopic (exact) mass is 270 g/mol. The Morgan fingerprint density at radius 2 is 1.60 bits per heavy atom. The van der Waals surface area contributed by atoms with Crippen molar-refractivity contribution in [2.75, 3.05) is 28.2 Å². The number of fused-ring (bicyclic) bond motifs is 3. The number of allylic oxidation sites excluding steroid dienone is 5. The van der Waals surface area contributed by atoms with E-state index in [1.165, 1.54) is 44.1 Å². The van der Waals surface area contributed by atoms with Gasteiger partial charge in [-0.15, -0.1) is 0 Å². The quantitative estimate of drug-likeness (QED) is 0.471. The van der Waals surface area contributed by atoms with Crippen LogP contribution in [0, 0.1) is 0 Å². The lowest BCUT2D eigenvalue weighted by molar-refractivity contribution is -0.465. The zero-order chi connectivity index (χ0) is 14.3. The molecule has 0 radical (unpaired) electrons. The number of hydrogen-bond donors (Lipinski definition) is 0. The Bertz CT molecular complexity index is 612. The molecular weight excluding hydrogens is 244 g/mol. The summed E-state index contributed by atoms with van der Waals surface area (Å²) in [4.78, 5) is 0. The third-order valence-corrected chi connectivity index (χ3v) is 4.70. The van der Waals surface area contributed by atoms with Gasteiger partial charge in [0.05, 0.1) is 5.57 Å². The van der Waals surface area contributed by atoms with Crippen molar-refractivity contribution in [2.24, 2.45) is 0 Å². The van der Waals surface area contributed by atoms with Gasteiger partial charge in [-0.3, -0.25) is 0 Å². The SMILES string of the molecule is C[N+](C)=C=C1CC2=C3CCCCCC(=[N+](C)C)C3=C1C2. The number of rotatable bonds is 0. The molecule has 0 heterocycles. The van der Waals surface area contributed by atoms with Crippen LogP contribution in [0.2, 0.25) is 0 Å². The normalized spacial score (nSPS) is 21.8. The van der Waals surface area contributed by atoms with Crippen LogP contribution in [0.1, 0.15) is 44.9 Å². The maximum absolute atomic E-state index is 3.53. The van der Waals surface area contributed by atoms with E-state index in [4.69, 9.17) is 0 Å². The maximum atomic E-state index is 3.53. The van der Waals surface area contributed by atoms with E-state index in [1.807, 2.05) is 0 Å². The van der Waals surface area contributed by atoms with Gasteiger partial charge in [-0.2, -0.15) is 4.58 Å². The lowest BCUT2D eigenvalue weighted by Gasteiger charge is -2.19. The molecule has 0 aromatic carbocycles. The molecule has 2 fully saturated rings. The second-order valence-electron chi connectivity index (χ2n) is 6.68. The van der Waals surface area contributed by atoms with Crippen molar-refractivity contribution in [3.63, 3.8) is 0 Å². The molecule has 3 aliphatic rings. The molecule has 0 unspecified atom stereocenters. The smallest absolute Gasteiger partial charge is 0.183 e. The van der Waals surface area contributed by atoms with Crippen LogP contribution in [0.5, 0.6) is 0 Å². The molecule has 2 nitrogen and oxygen atoms in total. The van der Waals surface area contributed by atoms with E-state index in [-0.39, 0.29) is 0 Å². The van der Waals surface area contributed by atoms with Crippen molar-refractivity contribution in [1.29, 1.82) is 0 Å². The molecule has 0 aromatic heterocycles. The van der Waals surface area contributed by atoms with Gasteiger partial charge in [0, 0.05) is 18.4 Å². The molecule has 0 N–H and O–H groups in total. The van der Waals surface area contributed by atoms with E-state index in [0.717, 1.165) is 6.42 Å². The Kier molecular flexibility index (Phi) is 3.52. The summed E-state index contributed by atoms with van der Waals surface area (Å²) in [6.07, 6.45) is 8.95. The fourth-order valence-electron chi connectivity index (χ4n) is 3.88. The third kappa shape index (κ3) is 2.23. The van der Waals surface area contributed by atoms with E-state index < -0.39 is 0 Å². The van der Waals surface area contributed by atoms with Gasteiger partial charge < -0.3 is 0 Å². The highest BCUT2D eigenvalue weighted by molar-refractivity contribution is 6.04. The fraction of sp³-hybridized carbons (Fsp3) is 0.611. The molecule has 20 heavy (non-hydrogen) atoms. The molecule has 3 aliphatic carbocycles. The van der Waals surface area contributed by atoms with Crippen LogP contribution >= 0.6 is 0 Å². The van der Waals surface area contributed by atoms with Crippen molar-refractivity contribution in [1.82, 2.24) is 0 Å². The predicted octanol–water partition coefficient (Wildman–Crippen LogP) is 2.93. The molecule has 2 saturated carbocycles. The van der Waals surface area contributed by atoms with Gasteiger partial charge in [-0.25, -0.2) is 4.58 Å². The first kappa shape index (κ1) is 13.6. The molecule has 2 heteroatoms. The lowest BCUT2D eigenvalue weighted by Crippen LogP contribution is -2.20. The zero-order valence-electron chi connectivity index (χ0n) is 13.3. The van der Waals surface area contributed by atoms with Crippen LogP contribution in [0.4, 0.5) is 0 Å². The minimum atomic E-state index is 1.15. The summed E-state index contributed by atoms with van der Waals surface area (Å²) in [5.41, 5.74) is 9.54. The average Bonchev–Trinajstić information content (AvgIpc) is 2.84. The highest BCUT2D eigenvalue weighted by Gasteiger charge is 2.38. The first-order chi connectivity index (χ1) is 9.58. The predicted molar refractivity (Wildman–Crippen MR) is 84.1 cm³/mol. The molecule has 0 amide bonds. The Labute approximate surface area is 122 Å². The molecule has 0 saturated heterocycles. The topological polar surface area (TPSA) is 6.02 Å². The zero-order valence-corrected chi connectivity index (χ0v) is 13.3. The Balaban J connectivity index is 2.18. The minimum Gasteiger partial charge on any atom is -0.238 e. The van der Waals surface area contributed by atoms with Crippen LogP contribution in [0.15, 0.2) is 27.9 Å². The molecule has 0 spiro atoms. The van der Waals surface area contributed by atoms with E-state index in [1.54, 1.807) is 28.0 Å². The average molecular weight is 270 g/mol. The van der Waals surface area contributed by atoms with Gasteiger partial charge >= 0.3 is 0 Å². The molecule has 106 valence electrons. The fourth-order valence-corrected chi connectivity index (χ4v) is 3.88. The van der Waals surface area contributed by atoms with Gasteiger partial charge in [0.2, 0.25) is 0 Å². The summed E-state index contributed by atoms with van der Waals surface area (Å²) < 4.78 is 4.42. The summed E-state index contributed by atoms with van der Waals surface area (Å²) >= 11 is 0. The molecule has 0 atom stereocenters. The standard InChI is InChI=1S/C18H26N2/c1-19(2)12-14-10-13-11-16(14)18-15(13)8-6-5-7-9-17(18)20(3)4/h5-11H2,1-4H3/q+2. The van der Waals surface area contributed by atoms with Crippen molar-refractivity contribution in [3.05, 3.63) is 27.9 Å². The van der Waals surface area contributed by atoms with Crippen LogP contribution in [-0.4, -0.2) is 48.9 Å². The summed E-state index contributed by atoms with van der Waals surface area (Å²) in [5, 5.41) is 0. The summed E-state index contributed by atoms with van der Waals surface area (Å²) in [6, 6.07) is 0. The Morgan fingerprint density at radius 3 is 2.30 bits per heavy atom. The van der Waals surface area contributed by atoms with E-state index in [2.05, 4.69) is 43.2 Å². The summed E-state index contributed by atoms with van der Waals surface area (Å²) in [5.74, 6) is 3.53. The van der Waals surface area contributed by atoms with Crippen molar-refractivity contribution in [2.45, 2.75) is 44.9 Å².